The predicted octanol–water partition coefficient (Wildman–Crippen LogP) is 4.80. The summed E-state index contributed by atoms with van der Waals surface area (Å²) in [4.78, 5) is 0. The van der Waals surface area contributed by atoms with Gasteiger partial charge in [0.15, 0.2) is 6.79 Å². The lowest BCUT2D eigenvalue weighted by atomic mass is 9.99. The molecule has 0 fully saturated rings. The first-order chi connectivity index (χ1) is 10.3. The molecule has 1 unspecified atom stereocenters. The SMILES string of the molecule is CCC(C)c1ccc(OCOCCc2ccccc2)cc1. The monoisotopic (exact) mass is 284 g/mol. The highest BCUT2D eigenvalue weighted by molar-refractivity contribution is 5.29. The van der Waals surface area contributed by atoms with Crippen molar-refractivity contribution < 1.29 is 9.47 Å². The molecule has 2 aromatic rings. The Morgan fingerprint density at radius 3 is 2.33 bits per heavy atom. The third-order valence-electron chi connectivity index (χ3n) is 3.75. The van der Waals surface area contributed by atoms with Gasteiger partial charge in [0, 0.05) is 0 Å². The Kier molecular flexibility index (Phi) is 6.29. The van der Waals surface area contributed by atoms with Gasteiger partial charge in [-0.1, -0.05) is 56.3 Å². The molecule has 1 atom stereocenters. The van der Waals surface area contributed by atoms with E-state index in [-0.39, 0.29) is 0 Å². The highest BCUT2D eigenvalue weighted by Gasteiger charge is 2.02. The van der Waals surface area contributed by atoms with Crippen molar-refractivity contribution in [2.45, 2.75) is 32.6 Å². The fourth-order valence-electron chi connectivity index (χ4n) is 2.13. The predicted molar refractivity (Wildman–Crippen MR) is 86.7 cm³/mol. The molecule has 0 aliphatic heterocycles. The molecule has 2 nitrogen and oxygen atoms in total. The van der Waals surface area contributed by atoms with Crippen LogP contribution in [-0.4, -0.2) is 13.4 Å². The van der Waals surface area contributed by atoms with Gasteiger partial charge < -0.3 is 9.47 Å². The van der Waals surface area contributed by atoms with Crippen molar-refractivity contribution >= 4 is 0 Å². The average molecular weight is 284 g/mol. The van der Waals surface area contributed by atoms with Crippen LogP contribution in [0.15, 0.2) is 54.6 Å². The fourth-order valence-corrected chi connectivity index (χ4v) is 2.13. The summed E-state index contributed by atoms with van der Waals surface area (Å²) in [7, 11) is 0. The van der Waals surface area contributed by atoms with Gasteiger partial charge in [-0.2, -0.15) is 0 Å². The zero-order valence-electron chi connectivity index (χ0n) is 12.9. The topological polar surface area (TPSA) is 18.5 Å². The maximum Gasteiger partial charge on any atom is 0.189 e. The van der Waals surface area contributed by atoms with Crippen molar-refractivity contribution in [3.05, 3.63) is 65.7 Å². The lowest BCUT2D eigenvalue weighted by molar-refractivity contribution is 0.0169. The Labute approximate surface area is 127 Å². The molecule has 0 aromatic heterocycles. The largest absolute Gasteiger partial charge is 0.468 e. The lowest BCUT2D eigenvalue weighted by Gasteiger charge is -2.11. The van der Waals surface area contributed by atoms with E-state index >= 15 is 0 Å². The van der Waals surface area contributed by atoms with Gasteiger partial charge in [-0.25, -0.2) is 0 Å². The second kappa shape index (κ2) is 8.48. The molecule has 2 rings (SSSR count). The molecule has 0 aliphatic rings. The number of benzene rings is 2. The van der Waals surface area contributed by atoms with Crippen molar-refractivity contribution in [3.63, 3.8) is 0 Å². The van der Waals surface area contributed by atoms with Gasteiger partial charge in [0.2, 0.25) is 0 Å². The van der Waals surface area contributed by atoms with Crippen LogP contribution in [0.5, 0.6) is 5.75 Å². The highest BCUT2D eigenvalue weighted by atomic mass is 16.7. The molecule has 0 heterocycles. The van der Waals surface area contributed by atoms with E-state index in [1.54, 1.807) is 0 Å². The zero-order valence-corrected chi connectivity index (χ0v) is 12.9. The minimum Gasteiger partial charge on any atom is -0.468 e. The van der Waals surface area contributed by atoms with E-state index < -0.39 is 0 Å². The van der Waals surface area contributed by atoms with Crippen LogP contribution in [0.1, 0.15) is 37.3 Å². The van der Waals surface area contributed by atoms with Crippen LogP contribution < -0.4 is 4.74 Å². The summed E-state index contributed by atoms with van der Waals surface area (Å²) in [5, 5.41) is 0. The lowest BCUT2D eigenvalue weighted by Crippen LogP contribution is -2.06. The molecule has 0 aliphatic carbocycles. The summed E-state index contributed by atoms with van der Waals surface area (Å²) in [5.41, 5.74) is 2.64. The Balaban J connectivity index is 1.67. The molecular weight excluding hydrogens is 260 g/mol. The van der Waals surface area contributed by atoms with Crippen LogP contribution in [-0.2, 0) is 11.2 Å². The van der Waals surface area contributed by atoms with Gasteiger partial charge in [-0.3, -0.25) is 0 Å². The van der Waals surface area contributed by atoms with Crippen LogP contribution in [0.4, 0.5) is 0 Å². The normalized spacial score (nSPS) is 12.1. The molecule has 0 N–H and O–H groups in total. The van der Waals surface area contributed by atoms with E-state index in [9.17, 15) is 0 Å². The third-order valence-corrected chi connectivity index (χ3v) is 3.75. The van der Waals surface area contributed by atoms with Crippen LogP contribution in [0.25, 0.3) is 0 Å². The molecule has 112 valence electrons. The summed E-state index contributed by atoms with van der Waals surface area (Å²) in [5.74, 6) is 1.46. The second-order valence-corrected chi connectivity index (χ2v) is 5.28. The Morgan fingerprint density at radius 2 is 1.67 bits per heavy atom. The van der Waals surface area contributed by atoms with Gasteiger partial charge in [0.05, 0.1) is 6.61 Å². The van der Waals surface area contributed by atoms with Crippen molar-refractivity contribution in [1.82, 2.24) is 0 Å². The van der Waals surface area contributed by atoms with Crippen molar-refractivity contribution in [3.8, 4) is 5.75 Å². The summed E-state index contributed by atoms with van der Waals surface area (Å²) in [6, 6.07) is 18.6. The Hall–Kier alpha value is -1.80. The van der Waals surface area contributed by atoms with Gasteiger partial charge in [0.25, 0.3) is 0 Å². The first-order valence-corrected chi connectivity index (χ1v) is 7.64. The smallest absolute Gasteiger partial charge is 0.189 e. The molecule has 0 saturated heterocycles. The summed E-state index contributed by atoms with van der Waals surface area (Å²) < 4.78 is 11.1. The molecular formula is C19H24O2. The van der Waals surface area contributed by atoms with Crippen LogP contribution in [0.3, 0.4) is 0 Å². The quantitative estimate of drug-likeness (QED) is 0.512. The molecule has 21 heavy (non-hydrogen) atoms. The Bertz CT molecular complexity index is 505. The number of ether oxygens (including phenoxy) is 2. The minimum absolute atomic E-state index is 0.301. The molecule has 0 spiro atoms. The van der Waals surface area contributed by atoms with E-state index in [0.29, 0.717) is 19.3 Å². The summed E-state index contributed by atoms with van der Waals surface area (Å²) in [6.07, 6.45) is 2.07. The molecule has 0 radical (unpaired) electrons. The standard InChI is InChI=1S/C19H24O2/c1-3-16(2)18-9-11-19(12-10-18)21-15-20-14-13-17-7-5-4-6-8-17/h4-12,16H,3,13-15H2,1-2H3. The minimum atomic E-state index is 0.301. The van der Waals surface area contributed by atoms with E-state index in [0.717, 1.165) is 18.6 Å². The Morgan fingerprint density at radius 1 is 0.952 bits per heavy atom. The summed E-state index contributed by atoms with van der Waals surface area (Å²) >= 11 is 0. The number of rotatable bonds is 8. The van der Waals surface area contributed by atoms with E-state index in [1.165, 1.54) is 11.1 Å². The average Bonchev–Trinajstić information content (AvgIpc) is 2.55. The molecule has 2 heteroatoms. The van der Waals surface area contributed by atoms with E-state index in [4.69, 9.17) is 9.47 Å². The van der Waals surface area contributed by atoms with E-state index in [1.807, 2.05) is 30.3 Å². The maximum absolute atomic E-state index is 5.59. The second-order valence-electron chi connectivity index (χ2n) is 5.28. The zero-order chi connectivity index (χ0) is 14.9. The van der Waals surface area contributed by atoms with Crippen LogP contribution >= 0.6 is 0 Å². The van der Waals surface area contributed by atoms with Crippen molar-refractivity contribution in [2.75, 3.05) is 13.4 Å². The molecule has 0 bridgehead atoms. The molecule has 2 aromatic carbocycles. The van der Waals surface area contributed by atoms with Gasteiger partial charge in [0.1, 0.15) is 5.75 Å². The highest BCUT2D eigenvalue weighted by Crippen LogP contribution is 2.21. The summed E-state index contributed by atoms with van der Waals surface area (Å²) in [6.45, 7) is 5.42. The first kappa shape index (κ1) is 15.6. The molecule has 0 amide bonds. The number of hydrogen-bond donors (Lipinski definition) is 0. The third kappa shape index (κ3) is 5.24. The van der Waals surface area contributed by atoms with Crippen molar-refractivity contribution in [2.24, 2.45) is 0 Å². The van der Waals surface area contributed by atoms with Gasteiger partial charge in [-0.15, -0.1) is 0 Å². The first-order valence-electron chi connectivity index (χ1n) is 7.64. The fraction of sp³-hybridized carbons (Fsp3) is 0.368. The van der Waals surface area contributed by atoms with Crippen LogP contribution in [0.2, 0.25) is 0 Å². The van der Waals surface area contributed by atoms with E-state index in [2.05, 4.69) is 38.1 Å². The number of hydrogen-bond acceptors (Lipinski definition) is 2. The van der Waals surface area contributed by atoms with Gasteiger partial charge >= 0.3 is 0 Å². The van der Waals surface area contributed by atoms with Crippen LogP contribution in [0, 0.1) is 0 Å². The van der Waals surface area contributed by atoms with Gasteiger partial charge in [-0.05, 0) is 42.0 Å². The maximum atomic E-state index is 5.59. The molecule has 0 saturated carbocycles. The van der Waals surface area contributed by atoms with Crippen molar-refractivity contribution in [1.29, 1.82) is 0 Å².